The lowest BCUT2D eigenvalue weighted by Crippen LogP contribution is -2.33. The summed E-state index contributed by atoms with van der Waals surface area (Å²) in [4.78, 5) is 0.289. The smallest absolute Gasteiger partial charge is 0.246 e. The van der Waals surface area contributed by atoms with E-state index in [1.165, 1.54) is 0 Å². The van der Waals surface area contributed by atoms with Crippen molar-refractivity contribution in [3.05, 3.63) is 17.1 Å². The summed E-state index contributed by atoms with van der Waals surface area (Å²) >= 11 is 0. The minimum absolute atomic E-state index is 0.184. The third-order valence-electron chi connectivity index (χ3n) is 4.51. The predicted molar refractivity (Wildman–Crippen MR) is 82.5 cm³/mol. The molecule has 21 heavy (non-hydrogen) atoms. The zero-order chi connectivity index (χ0) is 15.6. The largest absolute Gasteiger partial charge is 0.465 e. The molecule has 120 valence electrons. The van der Waals surface area contributed by atoms with Crippen molar-refractivity contribution >= 4 is 10.0 Å². The molecule has 0 radical (unpaired) electrons. The third kappa shape index (κ3) is 3.17. The lowest BCUT2D eigenvalue weighted by atomic mass is 9.98. The number of rotatable bonds is 4. The van der Waals surface area contributed by atoms with Crippen molar-refractivity contribution in [1.82, 2.24) is 4.31 Å². The molecule has 5 nitrogen and oxygen atoms in total. The van der Waals surface area contributed by atoms with Gasteiger partial charge < -0.3 is 10.2 Å². The van der Waals surface area contributed by atoms with E-state index in [0.29, 0.717) is 36.1 Å². The van der Waals surface area contributed by atoms with Crippen molar-refractivity contribution in [3.8, 4) is 0 Å². The van der Waals surface area contributed by atoms with Crippen LogP contribution in [0.1, 0.15) is 49.7 Å². The van der Waals surface area contributed by atoms with E-state index < -0.39 is 10.0 Å². The SMILES string of the molecule is CCC1CCCN(S(=O)(=O)c2c(C)oc(C)c2CN)CC1. The molecule has 1 aromatic heterocycles. The molecule has 2 heterocycles. The highest BCUT2D eigenvalue weighted by Crippen LogP contribution is 2.31. The fourth-order valence-electron chi connectivity index (χ4n) is 3.20. The fraction of sp³-hybridized carbons (Fsp3) is 0.733. The van der Waals surface area contributed by atoms with Crippen molar-refractivity contribution in [3.63, 3.8) is 0 Å². The van der Waals surface area contributed by atoms with Crippen LogP contribution in [0.5, 0.6) is 0 Å². The van der Waals surface area contributed by atoms with Crippen LogP contribution in [0, 0.1) is 19.8 Å². The van der Waals surface area contributed by atoms with Crippen LogP contribution in [0.15, 0.2) is 9.31 Å². The van der Waals surface area contributed by atoms with Gasteiger partial charge in [0, 0.05) is 25.2 Å². The number of sulfonamides is 1. The maximum absolute atomic E-state index is 13.0. The number of furan rings is 1. The Kier molecular flexibility index (Phi) is 5.11. The first-order valence-corrected chi connectivity index (χ1v) is 9.14. The molecule has 0 saturated carbocycles. The lowest BCUT2D eigenvalue weighted by molar-refractivity contribution is 0.405. The average Bonchev–Trinajstić information content (AvgIpc) is 2.63. The van der Waals surface area contributed by atoms with Gasteiger partial charge >= 0.3 is 0 Å². The summed E-state index contributed by atoms with van der Waals surface area (Å²) in [6.07, 6.45) is 4.08. The second kappa shape index (κ2) is 6.50. The second-order valence-electron chi connectivity index (χ2n) is 5.84. The Balaban J connectivity index is 2.34. The molecular weight excluding hydrogens is 288 g/mol. The standard InChI is InChI=1S/C15H26N2O3S/c1-4-13-6-5-8-17(9-7-13)21(18,19)15-12(3)20-11(2)14(15)10-16/h13H,4-10,16H2,1-3H3. The molecule has 1 aromatic rings. The molecule has 0 aromatic carbocycles. The van der Waals surface area contributed by atoms with Gasteiger partial charge in [0.05, 0.1) is 0 Å². The van der Waals surface area contributed by atoms with E-state index in [9.17, 15) is 8.42 Å². The van der Waals surface area contributed by atoms with Crippen molar-refractivity contribution in [2.24, 2.45) is 11.7 Å². The predicted octanol–water partition coefficient (Wildman–Crippen LogP) is 2.56. The fourth-order valence-corrected chi connectivity index (χ4v) is 5.12. The third-order valence-corrected chi connectivity index (χ3v) is 6.61. The van der Waals surface area contributed by atoms with Crippen molar-refractivity contribution < 1.29 is 12.8 Å². The molecule has 1 fully saturated rings. The Labute approximate surface area is 127 Å². The number of aryl methyl sites for hydroxylation is 2. The Morgan fingerprint density at radius 2 is 1.95 bits per heavy atom. The summed E-state index contributed by atoms with van der Waals surface area (Å²) in [5, 5.41) is 0. The van der Waals surface area contributed by atoms with Crippen LogP contribution < -0.4 is 5.73 Å². The number of hydrogen-bond acceptors (Lipinski definition) is 4. The number of hydrogen-bond donors (Lipinski definition) is 1. The minimum atomic E-state index is -3.51. The minimum Gasteiger partial charge on any atom is -0.465 e. The van der Waals surface area contributed by atoms with Gasteiger partial charge in [-0.15, -0.1) is 0 Å². The van der Waals surface area contributed by atoms with Gasteiger partial charge in [-0.25, -0.2) is 8.42 Å². The van der Waals surface area contributed by atoms with Gasteiger partial charge in [-0.05, 0) is 39.0 Å². The van der Waals surface area contributed by atoms with Crippen molar-refractivity contribution in [2.45, 2.75) is 57.9 Å². The quantitative estimate of drug-likeness (QED) is 0.926. The summed E-state index contributed by atoms with van der Waals surface area (Å²) in [6.45, 7) is 7.00. The maximum Gasteiger partial charge on any atom is 0.246 e. The van der Waals surface area contributed by atoms with E-state index >= 15 is 0 Å². The maximum atomic E-state index is 13.0. The van der Waals surface area contributed by atoms with Crippen LogP contribution in [-0.4, -0.2) is 25.8 Å². The first-order valence-electron chi connectivity index (χ1n) is 7.70. The number of nitrogens with two attached hydrogens (primary N) is 1. The van der Waals surface area contributed by atoms with E-state index in [4.69, 9.17) is 10.2 Å². The summed E-state index contributed by atoms with van der Waals surface area (Å²) in [6, 6.07) is 0. The molecule has 0 spiro atoms. The second-order valence-corrected chi connectivity index (χ2v) is 7.71. The molecular formula is C15H26N2O3S. The molecule has 0 bridgehead atoms. The molecule has 1 saturated heterocycles. The molecule has 0 aliphatic carbocycles. The Bertz CT molecular complexity index is 592. The molecule has 1 atom stereocenters. The van der Waals surface area contributed by atoms with Gasteiger partial charge in [-0.2, -0.15) is 4.31 Å². The molecule has 6 heteroatoms. The van der Waals surface area contributed by atoms with E-state index in [0.717, 1.165) is 25.7 Å². The van der Waals surface area contributed by atoms with Gasteiger partial charge in [-0.1, -0.05) is 13.3 Å². The highest BCUT2D eigenvalue weighted by atomic mass is 32.2. The molecule has 2 rings (SSSR count). The van der Waals surface area contributed by atoms with E-state index in [1.54, 1.807) is 18.2 Å². The van der Waals surface area contributed by atoms with Gasteiger partial charge in [0.2, 0.25) is 10.0 Å². The summed E-state index contributed by atoms with van der Waals surface area (Å²) in [5.74, 6) is 1.69. The van der Waals surface area contributed by atoms with Crippen LogP contribution in [0.25, 0.3) is 0 Å². The van der Waals surface area contributed by atoms with Gasteiger partial charge in [0.1, 0.15) is 16.4 Å². The topological polar surface area (TPSA) is 76.5 Å². The summed E-state index contributed by atoms with van der Waals surface area (Å²) in [7, 11) is -3.51. The summed E-state index contributed by atoms with van der Waals surface area (Å²) in [5.41, 5.74) is 6.34. The van der Waals surface area contributed by atoms with Crippen molar-refractivity contribution in [1.29, 1.82) is 0 Å². The van der Waals surface area contributed by atoms with E-state index in [2.05, 4.69) is 6.92 Å². The number of nitrogens with zero attached hydrogens (tertiary/aromatic N) is 1. The van der Waals surface area contributed by atoms with E-state index in [-0.39, 0.29) is 11.4 Å². The highest BCUT2D eigenvalue weighted by Gasteiger charge is 2.33. The summed E-state index contributed by atoms with van der Waals surface area (Å²) < 4.78 is 33.0. The Hall–Kier alpha value is -0.850. The van der Waals surface area contributed by atoms with Crippen LogP contribution in [-0.2, 0) is 16.6 Å². The molecule has 1 aliphatic rings. The van der Waals surface area contributed by atoms with Crippen LogP contribution in [0.4, 0.5) is 0 Å². The lowest BCUT2D eigenvalue weighted by Gasteiger charge is -2.20. The Morgan fingerprint density at radius 1 is 1.24 bits per heavy atom. The monoisotopic (exact) mass is 314 g/mol. The van der Waals surface area contributed by atoms with Crippen LogP contribution in [0.3, 0.4) is 0 Å². The average molecular weight is 314 g/mol. The normalized spacial score (nSPS) is 21.4. The highest BCUT2D eigenvalue weighted by molar-refractivity contribution is 7.89. The van der Waals surface area contributed by atoms with Gasteiger partial charge in [0.15, 0.2) is 0 Å². The van der Waals surface area contributed by atoms with E-state index in [1.807, 2.05) is 0 Å². The van der Waals surface area contributed by atoms with Gasteiger partial charge in [0.25, 0.3) is 0 Å². The zero-order valence-electron chi connectivity index (χ0n) is 13.2. The van der Waals surface area contributed by atoms with Crippen LogP contribution in [0.2, 0.25) is 0 Å². The Morgan fingerprint density at radius 3 is 2.57 bits per heavy atom. The molecule has 0 amide bonds. The van der Waals surface area contributed by atoms with Gasteiger partial charge in [-0.3, -0.25) is 0 Å². The first-order chi connectivity index (χ1) is 9.91. The molecule has 1 unspecified atom stereocenters. The van der Waals surface area contributed by atoms with Crippen molar-refractivity contribution in [2.75, 3.05) is 13.1 Å². The first kappa shape index (κ1) is 16.5. The molecule has 2 N–H and O–H groups in total. The zero-order valence-corrected chi connectivity index (χ0v) is 14.0. The van der Waals surface area contributed by atoms with Crippen LogP contribution >= 0.6 is 0 Å². The molecule has 1 aliphatic heterocycles.